The van der Waals surface area contributed by atoms with E-state index in [-0.39, 0.29) is 16.5 Å². The molecular weight excluding hydrogens is 483 g/mol. The predicted molar refractivity (Wildman–Crippen MR) is 132 cm³/mol. The average Bonchev–Trinajstić information content (AvgIpc) is 3.05. The van der Waals surface area contributed by atoms with Gasteiger partial charge in [0.25, 0.3) is 0 Å². The van der Waals surface area contributed by atoms with Crippen LogP contribution in [0.3, 0.4) is 0 Å². The number of carbonyl (C=O) groups is 2. The molecule has 2 bridgehead atoms. The van der Waals surface area contributed by atoms with E-state index in [0.717, 1.165) is 18.4 Å². The van der Waals surface area contributed by atoms with Crippen molar-refractivity contribution < 1.29 is 14.4 Å². The van der Waals surface area contributed by atoms with Gasteiger partial charge in [-0.2, -0.15) is 0 Å². The van der Waals surface area contributed by atoms with Gasteiger partial charge in [0.05, 0.1) is 21.7 Å². The summed E-state index contributed by atoms with van der Waals surface area (Å²) < 4.78 is 0. The van der Waals surface area contributed by atoms with Crippen molar-refractivity contribution in [1.82, 2.24) is 0 Å². The van der Waals surface area contributed by atoms with Gasteiger partial charge in [-0.1, -0.05) is 66.8 Å². The number of amides is 1. The number of hydrogen-bond acceptors (Lipinski definition) is 4. The monoisotopic (exact) mass is 506 g/mol. The van der Waals surface area contributed by atoms with E-state index in [2.05, 4.69) is 31.2 Å². The summed E-state index contributed by atoms with van der Waals surface area (Å²) in [6.07, 6.45) is 1.89. The first-order chi connectivity index (χ1) is 15.4. The van der Waals surface area contributed by atoms with Gasteiger partial charge in [0.1, 0.15) is 0 Å². The maximum absolute atomic E-state index is 13.7. The lowest BCUT2D eigenvalue weighted by atomic mass is 9.64. The number of halogens is 3. The Hall–Kier alpha value is -2.08. The third kappa shape index (κ3) is 3.74. The molecule has 2 aromatic carbocycles. The molecule has 0 aliphatic heterocycles. The van der Waals surface area contributed by atoms with Crippen molar-refractivity contribution in [2.45, 2.75) is 47.0 Å². The molecule has 4 rings (SSSR count). The van der Waals surface area contributed by atoms with Crippen LogP contribution in [0.25, 0.3) is 0 Å². The summed E-state index contributed by atoms with van der Waals surface area (Å²) in [6, 6.07) is 9.98. The Morgan fingerprint density at radius 2 is 1.67 bits per heavy atom. The van der Waals surface area contributed by atoms with E-state index in [1.807, 2.05) is 13.0 Å². The molecule has 0 spiro atoms. The fourth-order valence-electron chi connectivity index (χ4n) is 5.29. The smallest absolute Gasteiger partial charge is 0.325 e. The van der Waals surface area contributed by atoms with E-state index in [0.29, 0.717) is 27.9 Å². The summed E-state index contributed by atoms with van der Waals surface area (Å²) >= 11 is 18.2. The Labute approximate surface area is 208 Å². The number of fused-ring (bicyclic) bond motifs is 2. The van der Waals surface area contributed by atoms with Crippen LogP contribution in [0.15, 0.2) is 41.6 Å². The number of aryl methyl sites for hydroxylation is 1. The highest BCUT2D eigenvalue weighted by atomic mass is 35.5. The number of anilines is 1. The van der Waals surface area contributed by atoms with Crippen LogP contribution >= 0.6 is 34.8 Å². The average molecular weight is 508 g/mol. The first kappa shape index (κ1) is 24.1. The van der Waals surface area contributed by atoms with Gasteiger partial charge < -0.3 is 10.2 Å². The Morgan fingerprint density at radius 3 is 2.36 bits per heavy atom. The van der Waals surface area contributed by atoms with E-state index in [9.17, 15) is 9.59 Å². The van der Waals surface area contributed by atoms with Crippen LogP contribution in [0.4, 0.5) is 5.69 Å². The Morgan fingerprint density at radius 1 is 1.00 bits per heavy atom. The zero-order valence-electron chi connectivity index (χ0n) is 18.9. The highest BCUT2D eigenvalue weighted by molar-refractivity contribution is 6.36. The first-order valence-corrected chi connectivity index (χ1v) is 11.9. The van der Waals surface area contributed by atoms with Gasteiger partial charge in [0.15, 0.2) is 0 Å². The van der Waals surface area contributed by atoms with Gasteiger partial charge >= 0.3 is 5.97 Å². The quantitative estimate of drug-likeness (QED) is 0.348. The molecule has 174 valence electrons. The zero-order chi connectivity index (χ0) is 24.2. The molecule has 2 unspecified atom stereocenters. The standard InChI is InChI=1S/C25H25Cl3N2O3/c1-14-5-6-16(27)12-19(14)29-22(32)25-10-9-24(4,23(25,2)3)20(13-25)30-33-21(31)17-8-7-15(26)11-18(17)28/h5-8,11-12H,9-10,13H2,1-4H3,(H,29,32). The Kier molecular flexibility index (Phi) is 6.05. The molecule has 2 atom stereocenters. The van der Waals surface area contributed by atoms with Crippen molar-refractivity contribution in [3.63, 3.8) is 0 Å². The van der Waals surface area contributed by atoms with Crippen molar-refractivity contribution in [1.29, 1.82) is 0 Å². The third-order valence-corrected chi connectivity index (χ3v) is 8.79. The molecule has 0 radical (unpaired) electrons. The third-order valence-electron chi connectivity index (χ3n) is 8.01. The Balaban J connectivity index is 1.61. The van der Waals surface area contributed by atoms with Crippen LogP contribution in [0, 0.1) is 23.2 Å². The second-order valence-corrected chi connectivity index (χ2v) is 11.0. The van der Waals surface area contributed by atoms with Gasteiger partial charge in [-0.3, -0.25) is 4.79 Å². The van der Waals surface area contributed by atoms with Crippen LogP contribution in [0.1, 0.15) is 56.0 Å². The van der Waals surface area contributed by atoms with E-state index >= 15 is 0 Å². The minimum atomic E-state index is -0.681. The van der Waals surface area contributed by atoms with E-state index in [1.54, 1.807) is 18.2 Å². The topological polar surface area (TPSA) is 67.8 Å². The molecule has 0 aromatic heterocycles. The number of carbonyl (C=O) groups excluding carboxylic acids is 2. The maximum atomic E-state index is 13.7. The van der Waals surface area contributed by atoms with E-state index in [1.165, 1.54) is 12.1 Å². The fraction of sp³-hybridized carbons (Fsp3) is 0.400. The van der Waals surface area contributed by atoms with Crippen LogP contribution in [-0.4, -0.2) is 17.6 Å². The highest BCUT2D eigenvalue weighted by Crippen LogP contribution is 2.71. The van der Waals surface area contributed by atoms with Gasteiger partial charge in [-0.25, -0.2) is 4.79 Å². The summed E-state index contributed by atoms with van der Waals surface area (Å²) in [6.45, 7) is 8.19. The molecule has 0 saturated heterocycles. The number of benzene rings is 2. The van der Waals surface area contributed by atoms with Crippen LogP contribution in [0.2, 0.25) is 15.1 Å². The summed E-state index contributed by atoms with van der Waals surface area (Å²) in [5.74, 6) is -0.736. The Bertz CT molecular complexity index is 1190. The van der Waals surface area contributed by atoms with Crippen molar-refractivity contribution in [3.8, 4) is 0 Å². The highest BCUT2D eigenvalue weighted by Gasteiger charge is 2.71. The zero-order valence-corrected chi connectivity index (χ0v) is 21.2. The molecule has 8 heteroatoms. The van der Waals surface area contributed by atoms with Gasteiger partial charge in [0, 0.05) is 27.6 Å². The predicted octanol–water partition coefficient (Wildman–Crippen LogP) is 7.32. The maximum Gasteiger partial charge on any atom is 0.367 e. The lowest BCUT2D eigenvalue weighted by Crippen LogP contribution is -2.43. The molecule has 2 saturated carbocycles. The van der Waals surface area contributed by atoms with Crippen molar-refractivity contribution in [3.05, 3.63) is 62.6 Å². The molecule has 2 fully saturated rings. The molecule has 2 aliphatic carbocycles. The molecule has 2 aliphatic rings. The van der Waals surface area contributed by atoms with Gasteiger partial charge in [0.2, 0.25) is 5.91 Å². The molecule has 33 heavy (non-hydrogen) atoms. The summed E-state index contributed by atoms with van der Waals surface area (Å²) in [5, 5.41) is 8.52. The number of nitrogens with zero attached hydrogens (tertiary/aromatic N) is 1. The van der Waals surface area contributed by atoms with Crippen molar-refractivity contribution in [2.24, 2.45) is 21.4 Å². The van der Waals surface area contributed by atoms with E-state index in [4.69, 9.17) is 39.6 Å². The molecule has 5 nitrogen and oxygen atoms in total. The summed E-state index contributed by atoms with van der Waals surface area (Å²) in [4.78, 5) is 31.5. The molecule has 2 aromatic rings. The minimum absolute atomic E-state index is 0.0705. The molecule has 1 amide bonds. The minimum Gasteiger partial charge on any atom is -0.325 e. The summed E-state index contributed by atoms with van der Waals surface area (Å²) in [5.41, 5.74) is 1.04. The molecule has 1 N–H and O–H groups in total. The second kappa shape index (κ2) is 8.30. The van der Waals surface area contributed by atoms with E-state index < -0.39 is 22.2 Å². The lowest BCUT2D eigenvalue weighted by Gasteiger charge is -2.39. The van der Waals surface area contributed by atoms with Gasteiger partial charge in [-0.15, -0.1) is 0 Å². The SMILES string of the molecule is Cc1ccc(Cl)cc1NC(=O)C12CCC(C)(C(=NOC(=O)c3ccc(Cl)cc3Cl)C1)C2(C)C. The number of oxime groups is 1. The second-order valence-electron chi connectivity index (χ2n) is 9.67. The van der Waals surface area contributed by atoms with Gasteiger partial charge in [-0.05, 0) is 61.1 Å². The van der Waals surface area contributed by atoms with Crippen LogP contribution in [0.5, 0.6) is 0 Å². The number of nitrogens with one attached hydrogen (secondary N) is 1. The molecular formula is C25H25Cl3N2O3. The fourth-order valence-corrected chi connectivity index (χ4v) is 5.95. The first-order valence-electron chi connectivity index (χ1n) is 10.7. The van der Waals surface area contributed by atoms with Crippen molar-refractivity contribution in [2.75, 3.05) is 5.32 Å². The largest absolute Gasteiger partial charge is 0.367 e. The molecule has 0 heterocycles. The number of hydrogen-bond donors (Lipinski definition) is 1. The van der Waals surface area contributed by atoms with Crippen LogP contribution in [-0.2, 0) is 9.63 Å². The van der Waals surface area contributed by atoms with Crippen molar-refractivity contribution >= 4 is 58.1 Å². The normalized spacial score (nSPS) is 26.5. The summed E-state index contributed by atoms with van der Waals surface area (Å²) in [7, 11) is 0. The lowest BCUT2D eigenvalue weighted by molar-refractivity contribution is -0.130. The van der Waals surface area contributed by atoms with Crippen LogP contribution < -0.4 is 5.32 Å². The number of rotatable bonds is 4.